The van der Waals surface area contributed by atoms with Crippen molar-refractivity contribution < 1.29 is 0 Å². The molecular formula is C15H26N4S. The summed E-state index contributed by atoms with van der Waals surface area (Å²) in [5.74, 6) is 3.76. The van der Waals surface area contributed by atoms with Crippen LogP contribution in [0, 0.1) is 5.92 Å². The molecule has 1 unspecified atom stereocenters. The normalized spacial score (nSPS) is 20.6. The van der Waals surface area contributed by atoms with Gasteiger partial charge in [-0.3, -0.25) is 0 Å². The summed E-state index contributed by atoms with van der Waals surface area (Å²) in [4.78, 5) is 0. The van der Waals surface area contributed by atoms with Crippen molar-refractivity contribution in [1.29, 1.82) is 0 Å². The molecule has 0 radical (unpaired) electrons. The summed E-state index contributed by atoms with van der Waals surface area (Å²) in [6.45, 7) is 7.79. The van der Waals surface area contributed by atoms with Crippen LogP contribution in [-0.2, 0) is 0 Å². The van der Waals surface area contributed by atoms with Crippen LogP contribution in [0.4, 0.5) is 0 Å². The Kier molecular flexibility index (Phi) is 4.36. The number of aromatic nitrogens is 3. The summed E-state index contributed by atoms with van der Waals surface area (Å²) in [5.41, 5.74) is 0. The molecular weight excluding hydrogens is 268 g/mol. The Hall–Kier alpha value is -0.550. The van der Waals surface area contributed by atoms with E-state index in [0.29, 0.717) is 23.9 Å². The summed E-state index contributed by atoms with van der Waals surface area (Å²) in [6.07, 6.45) is 5.25. The maximum absolute atomic E-state index is 4.47. The highest BCUT2D eigenvalue weighted by molar-refractivity contribution is 7.99. The molecule has 0 aliphatic heterocycles. The maximum atomic E-state index is 4.47. The van der Waals surface area contributed by atoms with Crippen LogP contribution in [0.1, 0.15) is 64.2 Å². The maximum Gasteiger partial charge on any atom is 0.191 e. The van der Waals surface area contributed by atoms with E-state index in [-0.39, 0.29) is 0 Å². The van der Waals surface area contributed by atoms with Gasteiger partial charge in [-0.15, -0.1) is 10.2 Å². The first-order valence-electron chi connectivity index (χ1n) is 7.96. The Bertz CT molecular complexity index is 449. The summed E-state index contributed by atoms with van der Waals surface area (Å²) < 4.78 is 2.45. The van der Waals surface area contributed by atoms with Gasteiger partial charge in [-0.2, -0.15) is 0 Å². The van der Waals surface area contributed by atoms with Crippen molar-refractivity contribution in [2.45, 2.75) is 69.6 Å². The second-order valence-corrected chi connectivity index (χ2v) is 7.68. The summed E-state index contributed by atoms with van der Waals surface area (Å²) in [6, 6.07) is 1.27. The molecule has 0 spiro atoms. The van der Waals surface area contributed by atoms with Crippen LogP contribution in [0.25, 0.3) is 0 Å². The van der Waals surface area contributed by atoms with Crippen molar-refractivity contribution in [3.05, 3.63) is 5.82 Å². The quantitative estimate of drug-likeness (QED) is 0.748. The van der Waals surface area contributed by atoms with Crippen LogP contribution < -0.4 is 5.32 Å². The second-order valence-electron chi connectivity index (χ2n) is 6.70. The van der Waals surface area contributed by atoms with E-state index >= 15 is 0 Å². The number of nitrogens with zero attached hydrogens (tertiary/aromatic N) is 3. The molecule has 2 aliphatic rings. The SMILES string of the molecule is CC(CNC(C)C)CSc1nnc(C2CC2)n1C1CC1. The molecule has 4 nitrogen and oxygen atoms in total. The average molecular weight is 294 g/mol. The largest absolute Gasteiger partial charge is 0.314 e. The van der Waals surface area contributed by atoms with Crippen molar-refractivity contribution in [3.63, 3.8) is 0 Å². The van der Waals surface area contributed by atoms with Gasteiger partial charge in [-0.1, -0.05) is 32.5 Å². The molecule has 1 aromatic heterocycles. The molecule has 2 saturated carbocycles. The lowest BCUT2D eigenvalue weighted by Gasteiger charge is -2.14. The molecule has 2 fully saturated rings. The Morgan fingerprint density at radius 1 is 1.20 bits per heavy atom. The van der Waals surface area contributed by atoms with E-state index in [1.807, 2.05) is 11.8 Å². The second kappa shape index (κ2) is 6.06. The first kappa shape index (κ1) is 14.4. The fourth-order valence-electron chi connectivity index (χ4n) is 2.40. The molecule has 5 heteroatoms. The van der Waals surface area contributed by atoms with Gasteiger partial charge in [0.05, 0.1) is 0 Å². The average Bonchev–Trinajstić information content (AvgIpc) is 3.32. The van der Waals surface area contributed by atoms with Crippen molar-refractivity contribution in [3.8, 4) is 0 Å². The van der Waals surface area contributed by atoms with Gasteiger partial charge in [0, 0.05) is 23.8 Å². The number of nitrogens with one attached hydrogen (secondary N) is 1. The molecule has 112 valence electrons. The number of hydrogen-bond acceptors (Lipinski definition) is 4. The molecule has 0 aromatic carbocycles. The highest BCUT2D eigenvalue weighted by Crippen LogP contribution is 2.46. The topological polar surface area (TPSA) is 42.7 Å². The van der Waals surface area contributed by atoms with Gasteiger partial charge in [0.25, 0.3) is 0 Å². The first-order valence-corrected chi connectivity index (χ1v) is 8.94. The van der Waals surface area contributed by atoms with Crippen LogP contribution in [-0.4, -0.2) is 33.1 Å². The molecule has 0 saturated heterocycles. The van der Waals surface area contributed by atoms with Crippen molar-refractivity contribution in [2.24, 2.45) is 5.92 Å². The fourth-order valence-corrected chi connectivity index (χ4v) is 3.43. The molecule has 2 aliphatic carbocycles. The smallest absolute Gasteiger partial charge is 0.191 e. The van der Waals surface area contributed by atoms with Crippen LogP contribution >= 0.6 is 11.8 Å². The first-order chi connectivity index (χ1) is 9.65. The van der Waals surface area contributed by atoms with Gasteiger partial charge in [-0.25, -0.2) is 0 Å². The van der Waals surface area contributed by atoms with E-state index in [0.717, 1.165) is 17.5 Å². The Morgan fingerprint density at radius 3 is 2.55 bits per heavy atom. The van der Waals surface area contributed by atoms with E-state index < -0.39 is 0 Å². The summed E-state index contributed by atoms with van der Waals surface area (Å²) in [5, 5.41) is 13.6. The van der Waals surface area contributed by atoms with Gasteiger partial charge < -0.3 is 9.88 Å². The zero-order valence-electron chi connectivity index (χ0n) is 12.8. The van der Waals surface area contributed by atoms with E-state index in [1.54, 1.807) is 0 Å². The van der Waals surface area contributed by atoms with Gasteiger partial charge in [0.15, 0.2) is 5.16 Å². The fraction of sp³-hybridized carbons (Fsp3) is 0.867. The van der Waals surface area contributed by atoms with Crippen molar-refractivity contribution in [2.75, 3.05) is 12.3 Å². The van der Waals surface area contributed by atoms with E-state index in [4.69, 9.17) is 0 Å². The highest BCUT2D eigenvalue weighted by Gasteiger charge is 2.36. The van der Waals surface area contributed by atoms with Crippen molar-refractivity contribution in [1.82, 2.24) is 20.1 Å². The van der Waals surface area contributed by atoms with Crippen LogP contribution in [0.15, 0.2) is 5.16 Å². The third-order valence-electron chi connectivity index (χ3n) is 3.92. The minimum atomic E-state index is 0.569. The molecule has 20 heavy (non-hydrogen) atoms. The zero-order chi connectivity index (χ0) is 14.1. The molecule has 1 aromatic rings. The van der Waals surface area contributed by atoms with Crippen molar-refractivity contribution >= 4 is 11.8 Å². The highest BCUT2D eigenvalue weighted by atomic mass is 32.2. The monoisotopic (exact) mass is 294 g/mol. The van der Waals surface area contributed by atoms with E-state index in [1.165, 1.54) is 31.5 Å². The Labute approximate surface area is 126 Å². The lowest BCUT2D eigenvalue weighted by atomic mass is 10.2. The molecule has 3 rings (SSSR count). The number of hydrogen-bond donors (Lipinski definition) is 1. The number of thioether (sulfide) groups is 1. The molecule has 1 atom stereocenters. The molecule has 0 amide bonds. The third-order valence-corrected chi connectivity index (χ3v) is 5.19. The minimum Gasteiger partial charge on any atom is -0.314 e. The van der Waals surface area contributed by atoms with Crippen LogP contribution in [0.3, 0.4) is 0 Å². The predicted octanol–water partition coefficient (Wildman–Crippen LogP) is 3.22. The van der Waals surface area contributed by atoms with Crippen LogP contribution in [0.2, 0.25) is 0 Å². The Balaban J connectivity index is 1.57. The summed E-state index contributed by atoms with van der Waals surface area (Å²) >= 11 is 1.89. The van der Waals surface area contributed by atoms with Crippen LogP contribution in [0.5, 0.6) is 0 Å². The van der Waals surface area contributed by atoms with Gasteiger partial charge in [0.2, 0.25) is 0 Å². The van der Waals surface area contributed by atoms with E-state index in [2.05, 4.69) is 40.9 Å². The standard InChI is InChI=1S/C15H26N4S/c1-10(2)16-8-11(3)9-20-15-18-17-14(12-4-5-12)19(15)13-6-7-13/h10-13,16H,4-9H2,1-3H3. The molecule has 1 heterocycles. The number of rotatable bonds is 8. The zero-order valence-corrected chi connectivity index (χ0v) is 13.6. The predicted molar refractivity (Wildman–Crippen MR) is 83.3 cm³/mol. The lowest BCUT2D eigenvalue weighted by molar-refractivity contribution is 0.509. The summed E-state index contributed by atoms with van der Waals surface area (Å²) in [7, 11) is 0. The lowest BCUT2D eigenvalue weighted by Crippen LogP contribution is -2.28. The van der Waals surface area contributed by atoms with Gasteiger partial charge in [-0.05, 0) is 38.1 Å². The molecule has 1 N–H and O–H groups in total. The third kappa shape index (κ3) is 3.55. The van der Waals surface area contributed by atoms with Gasteiger partial charge >= 0.3 is 0 Å². The minimum absolute atomic E-state index is 0.569. The van der Waals surface area contributed by atoms with E-state index in [9.17, 15) is 0 Å². The van der Waals surface area contributed by atoms with Gasteiger partial charge in [0.1, 0.15) is 5.82 Å². The Morgan fingerprint density at radius 2 is 1.95 bits per heavy atom. The molecule has 0 bridgehead atoms.